The SMILES string of the molecule is CCN1CC(C(=O)OC2CCCC2O)C[C@@H]2c3cccc4c3c(cn4CC)C[C@H]21. The van der Waals surface area contributed by atoms with Gasteiger partial charge in [0.25, 0.3) is 0 Å². The molecule has 2 fully saturated rings. The molecule has 2 heterocycles. The van der Waals surface area contributed by atoms with Crippen LogP contribution >= 0.6 is 0 Å². The summed E-state index contributed by atoms with van der Waals surface area (Å²) in [6, 6.07) is 7.11. The van der Waals surface area contributed by atoms with Crippen LogP contribution in [-0.2, 0) is 22.5 Å². The summed E-state index contributed by atoms with van der Waals surface area (Å²) in [5.74, 6) is 0.129. The molecule has 3 unspecified atom stereocenters. The molecule has 5 heteroatoms. The third-order valence-electron chi connectivity index (χ3n) is 7.54. The number of aliphatic hydroxyl groups excluding tert-OH is 1. The van der Waals surface area contributed by atoms with Crippen molar-refractivity contribution in [1.29, 1.82) is 0 Å². The lowest BCUT2D eigenvalue weighted by Gasteiger charge is -2.46. The fourth-order valence-corrected chi connectivity index (χ4v) is 6.06. The topological polar surface area (TPSA) is 54.7 Å². The largest absolute Gasteiger partial charge is 0.459 e. The van der Waals surface area contributed by atoms with E-state index in [1.807, 2.05) is 0 Å². The van der Waals surface area contributed by atoms with Crippen molar-refractivity contribution in [2.45, 2.75) is 76.7 Å². The predicted octanol–water partition coefficient (Wildman–Crippen LogP) is 3.47. The second kappa shape index (κ2) is 7.44. The summed E-state index contributed by atoms with van der Waals surface area (Å²) in [5, 5.41) is 11.5. The van der Waals surface area contributed by atoms with Gasteiger partial charge in [-0.1, -0.05) is 19.1 Å². The maximum Gasteiger partial charge on any atom is 0.310 e. The molecule has 2 aromatic rings. The summed E-state index contributed by atoms with van der Waals surface area (Å²) in [5.41, 5.74) is 4.17. The molecule has 0 spiro atoms. The van der Waals surface area contributed by atoms with Crippen molar-refractivity contribution >= 4 is 16.9 Å². The standard InChI is InChI=1S/C24H32N2O3/c1-3-25-13-15-12-20-18(17-7-5-8-19(25)23(15)17)11-16(14-26(20)4-2)24(28)29-22-10-6-9-21(22)27/h5,7-8,13,16,18,20-22,27H,3-4,6,9-12,14H2,1-2H3/t16?,18-,20-,21?,22?/m1/s1. The van der Waals surface area contributed by atoms with Gasteiger partial charge in [-0.2, -0.15) is 0 Å². The van der Waals surface area contributed by atoms with Crippen molar-refractivity contribution in [3.63, 3.8) is 0 Å². The molecule has 1 N–H and O–H groups in total. The number of likely N-dealkylation sites (tertiary alicyclic amines) is 1. The smallest absolute Gasteiger partial charge is 0.310 e. The molecular weight excluding hydrogens is 364 g/mol. The Kier molecular flexibility index (Phi) is 4.91. The Hall–Kier alpha value is -1.85. The zero-order valence-electron chi connectivity index (χ0n) is 17.5. The van der Waals surface area contributed by atoms with Crippen molar-refractivity contribution in [3.05, 3.63) is 35.5 Å². The number of rotatable bonds is 4. The number of carbonyl (C=O) groups excluding carboxylic acids is 1. The maximum absolute atomic E-state index is 13.0. The molecule has 5 atom stereocenters. The lowest BCUT2D eigenvalue weighted by molar-refractivity contribution is -0.161. The molecule has 0 amide bonds. The maximum atomic E-state index is 13.0. The van der Waals surface area contributed by atoms with Gasteiger partial charge in [0.15, 0.2) is 0 Å². The fourth-order valence-electron chi connectivity index (χ4n) is 6.06. The molecule has 0 radical (unpaired) electrons. The molecule has 1 aromatic carbocycles. The summed E-state index contributed by atoms with van der Waals surface area (Å²) in [4.78, 5) is 15.5. The van der Waals surface area contributed by atoms with Crippen LogP contribution in [0.3, 0.4) is 0 Å². The highest BCUT2D eigenvalue weighted by Crippen LogP contribution is 2.45. The van der Waals surface area contributed by atoms with E-state index in [1.165, 1.54) is 22.0 Å². The first-order valence-electron chi connectivity index (χ1n) is 11.3. The van der Waals surface area contributed by atoms with Crippen molar-refractivity contribution in [2.75, 3.05) is 13.1 Å². The summed E-state index contributed by atoms with van der Waals surface area (Å²) < 4.78 is 8.14. The molecule has 1 saturated heterocycles. The Morgan fingerprint density at radius 3 is 2.83 bits per heavy atom. The summed E-state index contributed by atoms with van der Waals surface area (Å²) in [6.07, 6.45) is 5.91. The van der Waals surface area contributed by atoms with Gasteiger partial charge in [-0.15, -0.1) is 0 Å². The van der Waals surface area contributed by atoms with Crippen molar-refractivity contribution in [3.8, 4) is 0 Å². The third-order valence-corrected chi connectivity index (χ3v) is 7.54. The molecule has 2 aliphatic carbocycles. The Bertz CT molecular complexity index is 920. The Balaban J connectivity index is 1.46. The number of aryl methyl sites for hydroxylation is 1. The van der Waals surface area contributed by atoms with Crippen LogP contribution in [0.4, 0.5) is 0 Å². The summed E-state index contributed by atoms with van der Waals surface area (Å²) in [6.45, 7) is 7.07. The number of ether oxygens (including phenoxy) is 1. The van der Waals surface area contributed by atoms with Crippen LogP contribution in [0.2, 0.25) is 0 Å². The second-order valence-electron chi connectivity index (χ2n) is 9.05. The highest BCUT2D eigenvalue weighted by molar-refractivity contribution is 5.89. The van der Waals surface area contributed by atoms with Gasteiger partial charge in [-0.25, -0.2) is 0 Å². The number of nitrogens with zero attached hydrogens (tertiary/aromatic N) is 2. The number of hydrogen-bond acceptors (Lipinski definition) is 4. The van der Waals surface area contributed by atoms with Crippen molar-refractivity contribution in [2.24, 2.45) is 5.92 Å². The summed E-state index contributed by atoms with van der Waals surface area (Å²) >= 11 is 0. The van der Waals surface area contributed by atoms with E-state index in [0.717, 1.165) is 51.7 Å². The van der Waals surface area contributed by atoms with E-state index in [2.05, 4.69) is 47.7 Å². The Morgan fingerprint density at radius 2 is 2.10 bits per heavy atom. The van der Waals surface area contributed by atoms with Gasteiger partial charge in [0.2, 0.25) is 0 Å². The fraction of sp³-hybridized carbons (Fsp3) is 0.625. The molecule has 156 valence electrons. The van der Waals surface area contributed by atoms with E-state index in [9.17, 15) is 9.90 Å². The zero-order chi connectivity index (χ0) is 20.1. The molecule has 1 aliphatic heterocycles. The monoisotopic (exact) mass is 396 g/mol. The Morgan fingerprint density at radius 1 is 1.24 bits per heavy atom. The minimum Gasteiger partial charge on any atom is -0.459 e. The minimum atomic E-state index is -0.489. The molecule has 1 saturated carbocycles. The van der Waals surface area contributed by atoms with Crippen LogP contribution in [0.1, 0.15) is 56.6 Å². The average molecular weight is 397 g/mol. The number of piperidine rings is 1. The second-order valence-corrected chi connectivity index (χ2v) is 9.05. The first-order chi connectivity index (χ1) is 14.1. The highest BCUT2D eigenvalue weighted by atomic mass is 16.6. The van der Waals surface area contributed by atoms with Crippen LogP contribution in [-0.4, -0.2) is 51.9 Å². The molecule has 3 aliphatic rings. The van der Waals surface area contributed by atoms with E-state index >= 15 is 0 Å². The van der Waals surface area contributed by atoms with Gasteiger partial charge in [0, 0.05) is 42.1 Å². The number of aromatic nitrogens is 1. The first kappa shape index (κ1) is 19.1. The molecule has 1 aromatic heterocycles. The Labute approximate surface area is 172 Å². The number of likely N-dealkylation sites (N-methyl/N-ethyl adjacent to an activating group) is 1. The normalized spacial score (nSPS) is 31.8. The number of aliphatic hydroxyl groups is 1. The van der Waals surface area contributed by atoms with Crippen molar-refractivity contribution in [1.82, 2.24) is 9.47 Å². The lowest BCUT2D eigenvalue weighted by atomic mass is 9.72. The van der Waals surface area contributed by atoms with E-state index in [-0.39, 0.29) is 18.0 Å². The van der Waals surface area contributed by atoms with Gasteiger partial charge < -0.3 is 14.4 Å². The average Bonchev–Trinajstić information content (AvgIpc) is 3.31. The van der Waals surface area contributed by atoms with Gasteiger partial charge in [-0.05, 0) is 62.8 Å². The van der Waals surface area contributed by atoms with Gasteiger partial charge in [0.05, 0.1) is 12.0 Å². The third kappa shape index (κ3) is 3.10. The van der Waals surface area contributed by atoms with E-state index in [1.54, 1.807) is 0 Å². The quantitative estimate of drug-likeness (QED) is 0.804. The van der Waals surface area contributed by atoms with Gasteiger partial charge in [0.1, 0.15) is 6.10 Å². The first-order valence-corrected chi connectivity index (χ1v) is 11.3. The van der Waals surface area contributed by atoms with Crippen LogP contribution in [0.25, 0.3) is 10.9 Å². The zero-order valence-corrected chi connectivity index (χ0v) is 17.5. The number of hydrogen-bond donors (Lipinski definition) is 1. The lowest BCUT2D eigenvalue weighted by Crippen LogP contribution is -2.51. The molecule has 5 rings (SSSR count). The van der Waals surface area contributed by atoms with Crippen LogP contribution < -0.4 is 0 Å². The predicted molar refractivity (Wildman–Crippen MR) is 113 cm³/mol. The minimum absolute atomic E-state index is 0.114. The van der Waals surface area contributed by atoms with Crippen LogP contribution in [0.5, 0.6) is 0 Å². The van der Waals surface area contributed by atoms with E-state index in [4.69, 9.17) is 4.74 Å². The van der Waals surface area contributed by atoms with Crippen molar-refractivity contribution < 1.29 is 14.6 Å². The molecule has 5 nitrogen and oxygen atoms in total. The summed E-state index contributed by atoms with van der Waals surface area (Å²) in [7, 11) is 0. The molecular formula is C24H32N2O3. The van der Waals surface area contributed by atoms with Gasteiger partial charge >= 0.3 is 5.97 Å². The number of esters is 1. The number of fused-ring (bicyclic) bond motifs is 2. The molecule has 0 bridgehead atoms. The van der Waals surface area contributed by atoms with E-state index in [0.29, 0.717) is 12.0 Å². The number of carbonyl (C=O) groups is 1. The highest BCUT2D eigenvalue weighted by Gasteiger charge is 2.43. The number of benzene rings is 1. The van der Waals surface area contributed by atoms with Crippen LogP contribution in [0, 0.1) is 5.92 Å². The van der Waals surface area contributed by atoms with E-state index < -0.39 is 6.10 Å². The molecule has 29 heavy (non-hydrogen) atoms. The van der Waals surface area contributed by atoms with Gasteiger partial charge in [-0.3, -0.25) is 9.69 Å². The van der Waals surface area contributed by atoms with Crippen LogP contribution in [0.15, 0.2) is 24.4 Å².